The lowest BCUT2D eigenvalue weighted by Gasteiger charge is -2.21. The smallest absolute Gasteiger partial charge is 0.190 e. The number of halogens is 1. The number of pyridine rings is 1. The number of nitrogens with one attached hydrogen (secondary N) is 1. The highest BCUT2D eigenvalue weighted by atomic mass is 35.5. The van der Waals surface area contributed by atoms with Gasteiger partial charge in [0.2, 0.25) is 0 Å². The van der Waals surface area contributed by atoms with Gasteiger partial charge in [-0.15, -0.1) is 0 Å². The van der Waals surface area contributed by atoms with Crippen LogP contribution < -0.4 is 5.43 Å². The van der Waals surface area contributed by atoms with E-state index in [0.717, 1.165) is 35.5 Å². The van der Waals surface area contributed by atoms with Gasteiger partial charge < -0.3 is 4.98 Å². The Morgan fingerprint density at radius 1 is 1.26 bits per heavy atom. The molecule has 7 heteroatoms. The molecule has 4 rings (SSSR count). The normalized spacial score (nSPS) is 16.2. The van der Waals surface area contributed by atoms with E-state index in [4.69, 9.17) is 16.7 Å². The van der Waals surface area contributed by atoms with Crippen LogP contribution in [0.1, 0.15) is 44.0 Å². The van der Waals surface area contributed by atoms with Crippen molar-refractivity contribution < 1.29 is 0 Å². The Morgan fingerprint density at radius 2 is 1.96 bits per heavy atom. The predicted octanol–water partition coefficient (Wildman–Crippen LogP) is 3.97. The van der Waals surface area contributed by atoms with E-state index >= 15 is 0 Å². The zero-order valence-electron chi connectivity index (χ0n) is 16.1. The van der Waals surface area contributed by atoms with E-state index in [1.807, 2.05) is 27.2 Å². The van der Waals surface area contributed by atoms with Crippen molar-refractivity contribution in [1.82, 2.24) is 24.5 Å². The summed E-state index contributed by atoms with van der Waals surface area (Å²) in [6.45, 7) is 4.13. The van der Waals surface area contributed by atoms with Gasteiger partial charge in [0, 0.05) is 43.0 Å². The average molecular weight is 386 g/mol. The first-order valence-electron chi connectivity index (χ1n) is 9.26. The molecule has 1 N–H and O–H groups in total. The molecule has 142 valence electrons. The van der Waals surface area contributed by atoms with E-state index < -0.39 is 0 Å². The summed E-state index contributed by atoms with van der Waals surface area (Å²) in [7, 11) is 3.72. The Labute approximate surface area is 163 Å². The fourth-order valence-electron chi connectivity index (χ4n) is 4.29. The molecule has 0 aliphatic heterocycles. The van der Waals surface area contributed by atoms with Crippen LogP contribution in [0.5, 0.6) is 0 Å². The predicted molar refractivity (Wildman–Crippen MR) is 107 cm³/mol. The number of hydrogen-bond donors (Lipinski definition) is 1. The third-order valence-corrected chi connectivity index (χ3v) is 6.09. The Balaban J connectivity index is 1.83. The number of rotatable bonds is 3. The minimum absolute atomic E-state index is 0.0120. The van der Waals surface area contributed by atoms with Crippen molar-refractivity contribution in [3.63, 3.8) is 0 Å². The first-order chi connectivity index (χ1) is 12.8. The van der Waals surface area contributed by atoms with Gasteiger partial charge in [0.1, 0.15) is 5.69 Å². The molecule has 3 heterocycles. The van der Waals surface area contributed by atoms with Crippen LogP contribution in [0.25, 0.3) is 22.5 Å². The lowest BCUT2D eigenvalue weighted by molar-refractivity contribution is 0.468. The minimum atomic E-state index is -0.0554. The number of nitrogens with zero attached hydrogens (tertiary/aromatic N) is 4. The summed E-state index contributed by atoms with van der Waals surface area (Å²) in [5.74, 6) is 0. The summed E-state index contributed by atoms with van der Waals surface area (Å²) in [5.41, 5.74) is 4.57. The molecule has 3 aromatic heterocycles. The third-order valence-electron chi connectivity index (χ3n) is 5.74. The van der Waals surface area contributed by atoms with E-state index in [1.165, 1.54) is 12.8 Å². The maximum atomic E-state index is 12.9. The lowest BCUT2D eigenvalue weighted by Crippen LogP contribution is -2.18. The van der Waals surface area contributed by atoms with Gasteiger partial charge in [0.15, 0.2) is 5.43 Å². The molecule has 1 saturated carbocycles. The van der Waals surface area contributed by atoms with Gasteiger partial charge in [-0.2, -0.15) is 10.2 Å². The highest BCUT2D eigenvalue weighted by molar-refractivity contribution is 6.33. The maximum Gasteiger partial charge on any atom is 0.190 e. The van der Waals surface area contributed by atoms with Crippen molar-refractivity contribution in [2.75, 3.05) is 0 Å². The molecule has 0 aromatic carbocycles. The summed E-state index contributed by atoms with van der Waals surface area (Å²) in [6, 6.07) is 1.61. The highest BCUT2D eigenvalue weighted by Gasteiger charge is 2.36. The Kier molecular flexibility index (Phi) is 4.26. The molecule has 27 heavy (non-hydrogen) atoms. The van der Waals surface area contributed by atoms with Crippen molar-refractivity contribution in [1.29, 1.82) is 0 Å². The molecule has 0 radical (unpaired) electrons. The van der Waals surface area contributed by atoms with Crippen molar-refractivity contribution in [3.05, 3.63) is 45.1 Å². The van der Waals surface area contributed by atoms with Gasteiger partial charge in [-0.25, -0.2) is 0 Å². The summed E-state index contributed by atoms with van der Waals surface area (Å²) >= 11 is 6.78. The molecule has 0 unspecified atom stereocenters. The minimum Gasteiger partial charge on any atom is -0.357 e. The molecule has 1 aliphatic rings. The fourth-order valence-corrected chi connectivity index (χ4v) is 4.78. The van der Waals surface area contributed by atoms with Gasteiger partial charge in [0.25, 0.3) is 0 Å². The molecule has 1 fully saturated rings. The van der Waals surface area contributed by atoms with Crippen LogP contribution in [0.15, 0.2) is 23.3 Å². The van der Waals surface area contributed by atoms with Gasteiger partial charge in [-0.3, -0.25) is 14.2 Å². The second-order valence-corrected chi connectivity index (χ2v) is 8.23. The number of aromatic nitrogens is 5. The van der Waals surface area contributed by atoms with Crippen molar-refractivity contribution in [2.24, 2.45) is 14.1 Å². The second-order valence-electron chi connectivity index (χ2n) is 7.85. The Morgan fingerprint density at radius 3 is 2.56 bits per heavy atom. The topological polar surface area (TPSA) is 68.5 Å². The molecule has 3 aromatic rings. The van der Waals surface area contributed by atoms with E-state index in [9.17, 15) is 4.79 Å². The van der Waals surface area contributed by atoms with Crippen molar-refractivity contribution >= 4 is 11.6 Å². The van der Waals surface area contributed by atoms with E-state index in [-0.39, 0.29) is 10.8 Å². The Hall–Kier alpha value is -2.34. The van der Waals surface area contributed by atoms with Crippen LogP contribution in [0.3, 0.4) is 0 Å². The van der Waals surface area contributed by atoms with Crippen LogP contribution in [0.4, 0.5) is 0 Å². The third kappa shape index (κ3) is 2.92. The first-order valence-corrected chi connectivity index (χ1v) is 9.64. The molecular formula is C20H24ClN5O. The second kappa shape index (κ2) is 6.37. The number of hydrogen-bond acceptors (Lipinski definition) is 3. The molecule has 0 bridgehead atoms. The zero-order valence-corrected chi connectivity index (χ0v) is 16.9. The van der Waals surface area contributed by atoms with Crippen LogP contribution in [0, 0.1) is 6.92 Å². The summed E-state index contributed by atoms with van der Waals surface area (Å²) < 4.78 is 3.48. The van der Waals surface area contributed by atoms with Gasteiger partial charge in [-0.05, 0) is 19.8 Å². The SMILES string of the molecule is Cc1[nH]c(-c2c(Cl)c(C3(C)CCCC3)nn2C)cc(=O)c1-c1cnn(C)c1. The summed E-state index contributed by atoms with van der Waals surface area (Å²) in [4.78, 5) is 16.2. The molecule has 0 atom stereocenters. The van der Waals surface area contributed by atoms with Gasteiger partial charge >= 0.3 is 0 Å². The standard InChI is InChI=1S/C20H24ClN5O/c1-12-16(13-10-22-25(3)11-13)15(27)9-14(23-12)18-17(21)19(24-26(18)4)20(2)7-5-6-8-20/h9-11H,5-8H2,1-4H3,(H,23,27). The van der Waals surface area contributed by atoms with E-state index in [2.05, 4.69) is 17.0 Å². The quantitative estimate of drug-likeness (QED) is 0.741. The number of aromatic amines is 1. The number of aryl methyl sites for hydroxylation is 3. The molecule has 0 amide bonds. The summed E-state index contributed by atoms with van der Waals surface area (Å²) in [5, 5.41) is 9.55. The zero-order chi connectivity index (χ0) is 19.3. The molecule has 0 spiro atoms. The molecule has 6 nitrogen and oxygen atoms in total. The summed E-state index contributed by atoms with van der Waals surface area (Å²) in [6.07, 6.45) is 8.14. The first kappa shape index (κ1) is 18.0. The van der Waals surface area contributed by atoms with Gasteiger partial charge in [-0.1, -0.05) is 31.4 Å². The average Bonchev–Trinajstić information content (AvgIpc) is 3.28. The fraction of sp³-hybridized carbons (Fsp3) is 0.450. The Bertz CT molecular complexity index is 1070. The monoisotopic (exact) mass is 385 g/mol. The van der Waals surface area contributed by atoms with Gasteiger partial charge in [0.05, 0.1) is 28.2 Å². The maximum absolute atomic E-state index is 12.9. The molecule has 1 aliphatic carbocycles. The van der Waals surface area contributed by atoms with E-state index in [0.29, 0.717) is 16.3 Å². The largest absolute Gasteiger partial charge is 0.357 e. The molecule has 0 saturated heterocycles. The van der Waals surface area contributed by atoms with Crippen LogP contribution >= 0.6 is 11.6 Å². The van der Waals surface area contributed by atoms with Crippen molar-refractivity contribution in [3.8, 4) is 22.5 Å². The molecular weight excluding hydrogens is 362 g/mol. The lowest BCUT2D eigenvalue weighted by atomic mass is 9.85. The highest BCUT2D eigenvalue weighted by Crippen LogP contribution is 2.45. The van der Waals surface area contributed by atoms with Crippen LogP contribution in [-0.2, 0) is 19.5 Å². The van der Waals surface area contributed by atoms with Crippen LogP contribution in [-0.4, -0.2) is 24.5 Å². The van der Waals surface area contributed by atoms with Crippen LogP contribution in [0.2, 0.25) is 5.02 Å². The number of H-pyrrole nitrogens is 1. The van der Waals surface area contributed by atoms with E-state index in [1.54, 1.807) is 21.6 Å². The van der Waals surface area contributed by atoms with Crippen molar-refractivity contribution in [2.45, 2.75) is 44.9 Å².